The van der Waals surface area contributed by atoms with E-state index in [1.54, 1.807) is 4.90 Å². The van der Waals surface area contributed by atoms with Gasteiger partial charge in [-0.05, 0) is 18.1 Å². The Hall–Kier alpha value is -2.17. The molecule has 0 aromatic heterocycles. The number of amides is 1. The number of likely N-dealkylation sites (N-methyl/N-ethyl adjacent to an activating group) is 1. The van der Waals surface area contributed by atoms with Crippen molar-refractivity contribution in [2.75, 3.05) is 40.3 Å². The average Bonchev–Trinajstić information content (AvgIpc) is 2.69. The van der Waals surface area contributed by atoms with E-state index in [-0.39, 0.29) is 18.0 Å². The monoisotopic (exact) mass is 351 g/mol. The highest BCUT2D eigenvalue weighted by atomic mass is 16.2. The van der Waals surface area contributed by atoms with Crippen LogP contribution in [0.4, 0.5) is 0 Å². The summed E-state index contributed by atoms with van der Waals surface area (Å²) < 4.78 is 0. The first-order chi connectivity index (χ1) is 12.6. The summed E-state index contributed by atoms with van der Waals surface area (Å²) in [4.78, 5) is 18.8. The summed E-state index contributed by atoms with van der Waals surface area (Å²) in [6, 6.07) is 21.6. The Balaban J connectivity index is 1.75. The zero-order valence-corrected chi connectivity index (χ0v) is 16.0. The third-order valence-corrected chi connectivity index (χ3v) is 5.29. The second-order valence-electron chi connectivity index (χ2n) is 7.20. The summed E-state index contributed by atoms with van der Waals surface area (Å²) in [5.41, 5.74) is 2.65. The van der Waals surface area contributed by atoms with Gasteiger partial charge in [-0.15, -0.1) is 0 Å². The van der Waals surface area contributed by atoms with Gasteiger partial charge in [-0.25, -0.2) is 0 Å². The molecule has 1 aliphatic rings. The Morgan fingerprint density at radius 2 is 1.23 bits per heavy atom. The summed E-state index contributed by atoms with van der Waals surface area (Å²) >= 11 is 0. The van der Waals surface area contributed by atoms with Crippen molar-refractivity contribution >= 4 is 5.91 Å². The second kappa shape index (κ2) is 8.47. The van der Waals surface area contributed by atoms with Gasteiger partial charge in [0.2, 0.25) is 5.91 Å². The number of benzene rings is 2. The number of hydrogen-bond acceptors (Lipinski definition) is 3. The molecule has 4 heteroatoms. The van der Waals surface area contributed by atoms with Crippen molar-refractivity contribution < 1.29 is 4.79 Å². The third-order valence-electron chi connectivity index (χ3n) is 5.29. The van der Waals surface area contributed by atoms with Crippen LogP contribution < -0.4 is 0 Å². The van der Waals surface area contributed by atoms with Crippen molar-refractivity contribution in [2.24, 2.45) is 0 Å². The van der Waals surface area contributed by atoms with Crippen LogP contribution in [0.2, 0.25) is 0 Å². The Morgan fingerprint density at radius 1 is 0.808 bits per heavy atom. The lowest BCUT2D eigenvalue weighted by Gasteiger charge is -2.41. The maximum absolute atomic E-state index is 12.3. The van der Waals surface area contributed by atoms with E-state index in [0.29, 0.717) is 0 Å². The lowest BCUT2D eigenvalue weighted by Crippen LogP contribution is -2.54. The molecule has 1 atom stereocenters. The SMILES string of the molecule is C[C@H](C(=O)N(C)C)N1CCN(C(c2ccccc2)c2ccccc2)CC1. The Bertz CT molecular complexity index is 654. The van der Waals surface area contributed by atoms with Crippen LogP contribution in [0.3, 0.4) is 0 Å². The minimum Gasteiger partial charge on any atom is -0.347 e. The smallest absolute Gasteiger partial charge is 0.239 e. The number of hydrogen-bond donors (Lipinski definition) is 0. The van der Waals surface area contributed by atoms with Gasteiger partial charge in [-0.3, -0.25) is 14.6 Å². The van der Waals surface area contributed by atoms with Crippen LogP contribution >= 0.6 is 0 Å². The molecular formula is C22H29N3O. The molecule has 26 heavy (non-hydrogen) atoms. The van der Waals surface area contributed by atoms with Crippen molar-refractivity contribution in [3.05, 3.63) is 71.8 Å². The van der Waals surface area contributed by atoms with Crippen LogP contribution in [0.25, 0.3) is 0 Å². The van der Waals surface area contributed by atoms with E-state index in [4.69, 9.17) is 0 Å². The molecule has 138 valence electrons. The lowest BCUT2D eigenvalue weighted by molar-refractivity contribution is -0.134. The molecule has 4 nitrogen and oxygen atoms in total. The Labute approximate surface area is 157 Å². The molecular weight excluding hydrogens is 322 g/mol. The largest absolute Gasteiger partial charge is 0.347 e. The molecule has 0 spiro atoms. The molecule has 2 aromatic carbocycles. The normalized spacial score (nSPS) is 17.2. The minimum absolute atomic E-state index is 0.0564. The lowest BCUT2D eigenvalue weighted by atomic mass is 9.96. The summed E-state index contributed by atoms with van der Waals surface area (Å²) in [7, 11) is 3.66. The number of carbonyl (C=O) groups excluding carboxylic acids is 1. The predicted octanol–water partition coefficient (Wildman–Crippen LogP) is 2.87. The van der Waals surface area contributed by atoms with Gasteiger partial charge in [-0.1, -0.05) is 60.7 Å². The number of piperazine rings is 1. The average molecular weight is 351 g/mol. The quantitative estimate of drug-likeness (QED) is 0.829. The summed E-state index contributed by atoms with van der Waals surface area (Å²) in [5.74, 6) is 0.182. The molecule has 3 rings (SSSR count). The Kier molecular flexibility index (Phi) is 6.07. The van der Waals surface area contributed by atoms with E-state index in [9.17, 15) is 4.79 Å². The molecule has 0 N–H and O–H groups in total. The van der Waals surface area contributed by atoms with Crippen molar-refractivity contribution in [1.82, 2.24) is 14.7 Å². The summed E-state index contributed by atoms with van der Waals surface area (Å²) in [6.07, 6.45) is 0. The van der Waals surface area contributed by atoms with Gasteiger partial charge in [0.15, 0.2) is 0 Å². The van der Waals surface area contributed by atoms with Gasteiger partial charge in [0.1, 0.15) is 0 Å². The van der Waals surface area contributed by atoms with E-state index >= 15 is 0 Å². The van der Waals surface area contributed by atoms with Crippen molar-refractivity contribution in [1.29, 1.82) is 0 Å². The van der Waals surface area contributed by atoms with Crippen LogP contribution in [0, 0.1) is 0 Å². The fourth-order valence-electron chi connectivity index (χ4n) is 3.80. The van der Waals surface area contributed by atoms with E-state index < -0.39 is 0 Å². The number of nitrogens with zero attached hydrogens (tertiary/aromatic N) is 3. The molecule has 0 aliphatic carbocycles. The van der Waals surface area contributed by atoms with Crippen LogP contribution in [-0.4, -0.2) is 66.9 Å². The first-order valence-electron chi connectivity index (χ1n) is 9.37. The maximum Gasteiger partial charge on any atom is 0.239 e. The van der Waals surface area contributed by atoms with Gasteiger partial charge in [-0.2, -0.15) is 0 Å². The van der Waals surface area contributed by atoms with E-state index in [1.807, 2.05) is 21.0 Å². The molecule has 1 heterocycles. The van der Waals surface area contributed by atoms with Gasteiger partial charge in [0.05, 0.1) is 12.1 Å². The van der Waals surface area contributed by atoms with Crippen molar-refractivity contribution in [2.45, 2.75) is 19.0 Å². The summed E-state index contributed by atoms with van der Waals surface area (Å²) in [5, 5.41) is 0. The zero-order chi connectivity index (χ0) is 18.5. The Morgan fingerprint density at radius 3 is 1.65 bits per heavy atom. The predicted molar refractivity (Wildman–Crippen MR) is 106 cm³/mol. The van der Waals surface area contributed by atoms with Crippen LogP contribution in [-0.2, 0) is 4.79 Å². The molecule has 1 amide bonds. The van der Waals surface area contributed by atoms with Gasteiger partial charge >= 0.3 is 0 Å². The molecule has 1 aliphatic heterocycles. The highest BCUT2D eigenvalue weighted by Gasteiger charge is 2.30. The third kappa shape index (κ3) is 4.14. The molecule has 2 aromatic rings. The van der Waals surface area contributed by atoms with Gasteiger partial charge < -0.3 is 4.90 Å². The zero-order valence-electron chi connectivity index (χ0n) is 16.0. The molecule has 0 saturated carbocycles. The molecule has 0 unspecified atom stereocenters. The van der Waals surface area contributed by atoms with Gasteiger partial charge in [0, 0.05) is 40.3 Å². The van der Waals surface area contributed by atoms with E-state index in [0.717, 1.165) is 26.2 Å². The van der Waals surface area contributed by atoms with E-state index in [1.165, 1.54) is 11.1 Å². The van der Waals surface area contributed by atoms with Crippen LogP contribution in [0.5, 0.6) is 0 Å². The molecule has 1 saturated heterocycles. The number of rotatable bonds is 5. The van der Waals surface area contributed by atoms with Crippen LogP contribution in [0.15, 0.2) is 60.7 Å². The first-order valence-corrected chi connectivity index (χ1v) is 9.37. The maximum atomic E-state index is 12.3. The highest BCUT2D eigenvalue weighted by Crippen LogP contribution is 2.29. The van der Waals surface area contributed by atoms with Gasteiger partial charge in [0.25, 0.3) is 0 Å². The van der Waals surface area contributed by atoms with E-state index in [2.05, 4.69) is 70.5 Å². The first kappa shape index (κ1) is 18.6. The topological polar surface area (TPSA) is 26.8 Å². The standard InChI is InChI=1S/C22H29N3O/c1-18(22(26)23(2)3)24-14-16-25(17-15-24)21(19-10-6-4-7-11-19)20-12-8-5-9-13-20/h4-13,18,21H,14-17H2,1-3H3/t18-/m1/s1. The highest BCUT2D eigenvalue weighted by molar-refractivity contribution is 5.80. The number of carbonyl (C=O) groups is 1. The second-order valence-corrected chi connectivity index (χ2v) is 7.20. The van der Waals surface area contributed by atoms with Crippen LogP contribution in [0.1, 0.15) is 24.1 Å². The molecule has 0 radical (unpaired) electrons. The fourth-order valence-corrected chi connectivity index (χ4v) is 3.80. The molecule has 1 fully saturated rings. The summed E-state index contributed by atoms with van der Waals surface area (Å²) in [6.45, 7) is 5.76. The fraction of sp³-hybridized carbons (Fsp3) is 0.409. The van der Waals surface area contributed by atoms with Crippen molar-refractivity contribution in [3.63, 3.8) is 0 Å². The van der Waals surface area contributed by atoms with Crippen molar-refractivity contribution in [3.8, 4) is 0 Å². The minimum atomic E-state index is -0.0564. The molecule has 0 bridgehead atoms.